The van der Waals surface area contributed by atoms with Crippen molar-refractivity contribution in [2.75, 3.05) is 0 Å². The van der Waals surface area contributed by atoms with E-state index in [1.165, 1.54) is 19.1 Å². The molecule has 2 aliphatic heterocycles. The Bertz CT molecular complexity index is 1190. The molecule has 1 aromatic carbocycles. The zero-order chi connectivity index (χ0) is 22.6. The largest absolute Gasteiger partial charge is 0.416 e. The number of halogens is 3. The van der Waals surface area contributed by atoms with E-state index in [1.807, 2.05) is 6.07 Å². The molecule has 0 saturated carbocycles. The molecule has 0 unspecified atom stereocenters. The molecule has 1 saturated heterocycles. The summed E-state index contributed by atoms with van der Waals surface area (Å²) in [7, 11) is 0. The molecule has 2 bridgehead atoms. The average molecular weight is 441 g/mol. The summed E-state index contributed by atoms with van der Waals surface area (Å²) < 4.78 is 40.3. The monoisotopic (exact) mass is 441 g/mol. The second-order valence-electron chi connectivity index (χ2n) is 8.45. The van der Waals surface area contributed by atoms with Gasteiger partial charge in [0.05, 0.1) is 28.7 Å². The number of nitrogens with one attached hydrogen (secondary N) is 1. The van der Waals surface area contributed by atoms with Crippen LogP contribution >= 0.6 is 0 Å². The van der Waals surface area contributed by atoms with Crippen LogP contribution in [0.4, 0.5) is 13.2 Å². The van der Waals surface area contributed by atoms with Crippen molar-refractivity contribution >= 4 is 5.91 Å². The molecule has 2 aliphatic rings. The molecule has 0 aliphatic carbocycles. The van der Waals surface area contributed by atoms with E-state index in [9.17, 15) is 18.0 Å². The van der Waals surface area contributed by atoms with E-state index < -0.39 is 11.7 Å². The first-order chi connectivity index (χ1) is 15.3. The standard InChI is InChI=1S/C23H22F3N5O/c1-12-15(6-4-7-17(12)23(24,25)26)22(32)31-14-5-3-8-19(31)21-16(11-14)20(28-13(2)29-21)18-9-10-27-30-18/h4,6-7,9-10,14,19H,3,5,8,11H2,1-2H3,(H,27,30)/t14-,19+/m0/s1. The lowest BCUT2D eigenvalue weighted by Gasteiger charge is -2.46. The zero-order valence-electron chi connectivity index (χ0n) is 17.7. The summed E-state index contributed by atoms with van der Waals surface area (Å²) in [6.45, 7) is 3.17. The Balaban J connectivity index is 1.60. The number of aromatic nitrogens is 4. The molecule has 4 heterocycles. The fraction of sp³-hybridized carbons (Fsp3) is 0.391. The predicted octanol–water partition coefficient (Wildman–Crippen LogP) is 4.79. The molecule has 2 atom stereocenters. The SMILES string of the molecule is Cc1nc(-c2ccn[nH]2)c2c(n1)[C@H]1CCC[C@@H](C2)N1C(=O)c1cccc(C(F)(F)F)c1C. The average Bonchev–Trinajstić information content (AvgIpc) is 3.27. The van der Waals surface area contributed by atoms with Gasteiger partial charge in [0.1, 0.15) is 5.82 Å². The number of piperidine rings is 1. The maximum atomic E-state index is 13.6. The summed E-state index contributed by atoms with van der Waals surface area (Å²) in [4.78, 5) is 24.7. The number of hydrogen-bond donors (Lipinski definition) is 1. The van der Waals surface area contributed by atoms with Crippen LogP contribution in [-0.2, 0) is 12.6 Å². The molecule has 1 N–H and O–H groups in total. The maximum absolute atomic E-state index is 13.6. The summed E-state index contributed by atoms with van der Waals surface area (Å²) in [5.41, 5.74) is 2.63. The maximum Gasteiger partial charge on any atom is 0.416 e. The number of hydrogen-bond acceptors (Lipinski definition) is 4. The Labute approximate surface area is 182 Å². The second kappa shape index (κ2) is 7.43. The summed E-state index contributed by atoms with van der Waals surface area (Å²) in [5, 5.41) is 6.98. The number of amides is 1. The van der Waals surface area contributed by atoms with Crippen LogP contribution in [0.25, 0.3) is 11.4 Å². The molecule has 3 aromatic rings. The summed E-state index contributed by atoms with van der Waals surface area (Å²) in [6.07, 6.45) is 0.151. The lowest BCUT2D eigenvalue weighted by molar-refractivity contribution is -0.138. The van der Waals surface area contributed by atoms with Gasteiger partial charge in [-0.15, -0.1) is 0 Å². The number of benzene rings is 1. The number of nitrogens with zero attached hydrogens (tertiary/aromatic N) is 4. The lowest BCUT2D eigenvalue weighted by atomic mass is 9.81. The molecule has 6 nitrogen and oxygen atoms in total. The fourth-order valence-electron chi connectivity index (χ4n) is 5.11. The minimum Gasteiger partial charge on any atom is -0.327 e. The van der Waals surface area contributed by atoms with Gasteiger partial charge >= 0.3 is 6.18 Å². The summed E-state index contributed by atoms with van der Waals surface area (Å²) >= 11 is 0. The van der Waals surface area contributed by atoms with Crippen molar-refractivity contribution in [2.24, 2.45) is 0 Å². The first kappa shape index (κ1) is 20.7. The van der Waals surface area contributed by atoms with Crippen LogP contribution in [0, 0.1) is 13.8 Å². The number of carbonyl (C=O) groups is 1. The molecular formula is C23H22F3N5O. The van der Waals surface area contributed by atoms with Gasteiger partial charge in [-0.1, -0.05) is 6.07 Å². The Morgan fingerprint density at radius 3 is 2.69 bits per heavy atom. The summed E-state index contributed by atoms with van der Waals surface area (Å²) in [5.74, 6) is 0.216. The molecular weight excluding hydrogens is 419 g/mol. The minimum absolute atomic E-state index is 0.0362. The van der Waals surface area contributed by atoms with Crippen molar-refractivity contribution in [1.29, 1.82) is 0 Å². The van der Waals surface area contributed by atoms with E-state index in [2.05, 4.69) is 15.2 Å². The molecule has 166 valence electrons. The van der Waals surface area contributed by atoms with E-state index in [4.69, 9.17) is 4.98 Å². The predicted molar refractivity (Wildman–Crippen MR) is 111 cm³/mol. The third-order valence-electron chi connectivity index (χ3n) is 6.51. The van der Waals surface area contributed by atoms with Gasteiger partial charge in [-0.3, -0.25) is 9.89 Å². The van der Waals surface area contributed by atoms with Crippen LogP contribution in [0.5, 0.6) is 0 Å². The number of H-pyrrole nitrogens is 1. The van der Waals surface area contributed by atoms with Crippen molar-refractivity contribution in [1.82, 2.24) is 25.1 Å². The van der Waals surface area contributed by atoms with Gasteiger partial charge in [0, 0.05) is 23.4 Å². The van der Waals surface area contributed by atoms with Crippen molar-refractivity contribution in [3.05, 3.63) is 64.2 Å². The van der Waals surface area contributed by atoms with Crippen molar-refractivity contribution < 1.29 is 18.0 Å². The zero-order valence-corrected chi connectivity index (χ0v) is 17.7. The number of rotatable bonds is 2. The highest BCUT2D eigenvalue weighted by Gasteiger charge is 2.43. The van der Waals surface area contributed by atoms with Crippen LogP contribution in [0.2, 0.25) is 0 Å². The first-order valence-corrected chi connectivity index (χ1v) is 10.6. The fourth-order valence-corrected chi connectivity index (χ4v) is 5.11. The van der Waals surface area contributed by atoms with E-state index in [-0.39, 0.29) is 29.1 Å². The smallest absolute Gasteiger partial charge is 0.327 e. The molecule has 0 radical (unpaired) electrons. The van der Waals surface area contributed by atoms with Crippen LogP contribution < -0.4 is 0 Å². The highest BCUT2D eigenvalue weighted by molar-refractivity contribution is 5.96. The molecule has 0 spiro atoms. The van der Waals surface area contributed by atoms with E-state index in [1.54, 1.807) is 18.0 Å². The van der Waals surface area contributed by atoms with Crippen molar-refractivity contribution in [3.8, 4) is 11.4 Å². The molecule has 2 aromatic heterocycles. The molecule has 5 rings (SSSR count). The number of fused-ring (bicyclic) bond motifs is 4. The van der Waals surface area contributed by atoms with Gasteiger partial charge in [-0.2, -0.15) is 18.3 Å². The van der Waals surface area contributed by atoms with Crippen LogP contribution in [0.1, 0.15) is 63.9 Å². The van der Waals surface area contributed by atoms with Gasteiger partial charge in [0.25, 0.3) is 5.91 Å². The van der Waals surface area contributed by atoms with Crippen molar-refractivity contribution in [3.63, 3.8) is 0 Å². The Morgan fingerprint density at radius 2 is 1.97 bits per heavy atom. The molecule has 32 heavy (non-hydrogen) atoms. The van der Waals surface area contributed by atoms with E-state index >= 15 is 0 Å². The van der Waals surface area contributed by atoms with Crippen LogP contribution in [0.15, 0.2) is 30.5 Å². The van der Waals surface area contributed by atoms with E-state index in [0.29, 0.717) is 18.7 Å². The van der Waals surface area contributed by atoms with Crippen LogP contribution in [-0.4, -0.2) is 37.0 Å². The number of carbonyl (C=O) groups excluding carboxylic acids is 1. The lowest BCUT2D eigenvalue weighted by Crippen LogP contribution is -2.50. The van der Waals surface area contributed by atoms with Gasteiger partial charge in [0.15, 0.2) is 0 Å². The minimum atomic E-state index is -4.51. The van der Waals surface area contributed by atoms with Gasteiger partial charge in [-0.25, -0.2) is 9.97 Å². The third-order valence-corrected chi connectivity index (χ3v) is 6.51. The number of aryl methyl sites for hydroxylation is 1. The third kappa shape index (κ3) is 3.27. The van der Waals surface area contributed by atoms with Gasteiger partial charge in [0.2, 0.25) is 0 Å². The molecule has 1 fully saturated rings. The van der Waals surface area contributed by atoms with E-state index in [0.717, 1.165) is 41.6 Å². The van der Waals surface area contributed by atoms with Gasteiger partial charge in [-0.05, 0) is 63.3 Å². The number of alkyl halides is 3. The highest BCUT2D eigenvalue weighted by Crippen LogP contribution is 2.44. The Kier molecular flexibility index (Phi) is 4.79. The Morgan fingerprint density at radius 1 is 1.16 bits per heavy atom. The Hall–Kier alpha value is -3.23. The highest BCUT2D eigenvalue weighted by atomic mass is 19.4. The topological polar surface area (TPSA) is 74.8 Å². The first-order valence-electron chi connectivity index (χ1n) is 10.6. The molecule has 9 heteroatoms. The normalized spacial score (nSPS) is 20.2. The molecule has 1 amide bonds. The second-order valence-corrected chi connectivity index (χ2v) is 8.45. The van der Waals surface area contributed by atoms with Crippen molar-refractivity contribution in [2.45, 2.75) is 57.8 Å². The summed E-state index contributed by atoms with van der Waals surface area (Å²) in [6, 6.07) is 5.25. The quantitative estimate of drug-likeness (QED) is 0.620. The van der Waals surface area contributed by atoms with Crippen LogP contribution in [0.3, 0.4) is 0 Å². The number of aromatic amines is 1. The van der Waals surface area contributed by atoms with Gasteiger partial charge < -0.3 is 4.90 Å².